The van der Waals surface area contributed by atoms with Crippen molar-refractivity contribution in [3.8, 4) is 23.3 Å². The molecule has 0 unspecified atom stereocenters. The smallest absolute Gasteiger partial charge is 0.244 e. The number of aromatic nitrogens is 3. The second-order valence-electron chi connectivity index (χ2n) is 9.51. The van der Waals surface area contributed by atoms with Gasteiger partial charge in [0.1, 0.15) is 17.3 Å². The molecule has 0 saturated heterocycles. The fourth-order valence-electron chi connectivity index (χ4n) is 5.21. The predicted octanol–water partition coefficient (Wildman–Crippen LogP) is 6.94. The van der Waals surface area contributed by atoms with E-state index in [9.17, 15) is 5.26 Å². The Morgan fingerprint density at radius 1 is 0.825 bits per heavy atom. The summed E-state index contributed by atoms with van der Waals surface area (Å²) in [7, 11) is 2.00. The van der Waals surface area contributed by atoms with Gasteiger partial charge in [-0.25, -0.2) is 4.99 Å². The monoisotopic (exact) mass is 517 g/mol. The van der Waals surface area contributed by atoms with Crippen LogP contribution < -0.4 is 9.30 Å². The Kier molecular flexibility index (Phi) is 5.61. The van der Waals surface area contributed by atoms with Crippen LogP contribution in [0.3, 0.4) is 0 Å². The van der Waals surface area contributed by atoms with Gasteiger partial charge >= 0.3 is 0 Å². The minimum atomic E-state index is 0.554. The summed E-state index contributed by atoms with van der Waals surface area (Å²) in [5.41, 5.74) is 5.72. The number of rotatable bonds is 3. The van der Waals surface area contributed by atoms with Crippen LogP contribution in [0.15, 0.2) is 132 Å². The van der Waals surface area contributed by atoms with E-state index in [4.69, 9.17) is 4.74 Å². The first-order chi connectivity index (χ1) is 19.7. The number of hydrogen-bond donors (Lipinski definition) is 0. The molecule has 0 fully saturated rings. The molecule has 0 N–H and O–H groups in total. The molecule has 0 spiro atoms. The lowest BCUT2D eigenvalue weighted by Gasteiger charge is -2.11. The number of imidazole rings is 1. The van der Waals surface area contributed by atoms with Gasteiger partial charge in [0.2, 0.25) is 6.33 Å². The molecule has 0 bridgehead atoms. The van der Waals surface area contributed by atoms with E-state index < -0.39 is 0 Å². The zero-order valence-electron chi connectivity index (χ0n) is 21.7. The Bertz CT molecular complexity index is 2110. The highest BCUT2D eigenvalue weighted by atomic mass is 16.5. The number of aryl methyl sites for hydroxylation is 1. The number of benzene rings is 4. The highest BCUT2D eigenvalue weighted by molar-refractivity contribution is 6.16. The molecule has 0 atom stereocenters. The van der Waals surface area contributed by atoms with Crippen molar-refractivity contribution in [1.82, 2.24) is 9.13 Å². The summed E-state index contributed by atoms with van der Waals surface area (Å²) in [6, 6.07) is 32.8. The van der Waals surface area contributed by atoms with Crippen molar-refractivity contribution < 1.29 is 9.30 Å². The van der Waals surface area contributed by atoms with Crippen molar-refractivity contribution in [3.05, 3.63) is 133 Å². The fourth-order valence-corrected chi connectivity index (χ4v) is 5.21. The van der Waals surface area contributed by atoms with E-state index in [2.05, 4.69) is 64.4 Å². The number of allylic oxidation sites excluding steroid dienone is 5. The first-order valence-corrected chi connectivity index (χ1v) is 12.9. The van der Waals surface area contributed by atoms with Crippen LogP contribution in [-0.2, 0) is 7.05 Å². The van der Waals surface area contributed by atoms with Gasteiger partial charge in [-0.2, -0.15) is 5.26 Å². The number of nitrogens with zero attached hydrogens (tertiary/aromatic N) is 5. The fraction of sp³-hybridized carbons (Fsp3) is 0.0294. The van der Waals surface area contributed by atoms with Gasteiger partial charge in [0.25, 0.3) is 0 Å². The molecular formula is C34H23N5O. The third kappa shape index (κ3) is 3.98. The lowest BCUT2D eigenvalue weighted by Crippen LogP contribution is -2.29. The van der Waals surface area contributed by atoms with Gasteiger partial charge in [0.15, 0.2) is 0 Å². The largest absolute Gasteiger partial charge is 0.458 e. The summed E-state index contributed by atoms with van der Waals surface area (Å²) in [5.74, 6) is 2.20. The molecule has 0 radical (unpaired) electrons. The van der Waals surface area contributed by atoms with E-state index in [0.29, 0.717) is 5.57 Å². The zero-order valence-corrected chi connectivity index (χ0v) is 21.7. The minimum absolute atomic E-state index is 0.554. The zero-order chi connectivity index (χ0) is 27.1. The molecule has 6 aromatic rings. The van der Waals surface area contributed by atoms with Crippen LogP contribution in [-0.4, -0.2) is 15.0 Å². The molecule has 3 heterocycles. The Balaban J connectivity index is 1.31. The molecule has 7 rings (SSSR count). The van der Waals surface area contributed by atoms with Gasteiger partial charge in [-0.3, -0.25) is 4.57 Å². The van der Waals surface area contributed by atoms with E-state index >= 15 is 0 Å². The normalized spacial score (nSPS) is 17.4. The molecule has 4 aromatic carbocycles. The summed E-state index contributed by atoms with van der Waals surface area (Å²) in [4.78, 5) is 4.68. The van der Waals surface area contributed by atoms with E-state index in [-0.39, 0.29) is 0 Å². The number of fused-ring (bicyclic) bond motifs is 4. The van der Waals surface area contributed by atoms with Gasteiger partial charge in [-0.1, -0.05) is 60.7 Å². The molecule has 6 heteroatoms. The van der Waals surface area contributed by atoms with Gasteiger partial charge in [0.05, 0.1) is 46.4 Å². The van der Waals surface area contributed by atoms with Crippen LogP contribution in [0.2, 0.25) is 0 Å². The van der Waals surface area contributed by atoms with E-state index in [1.807, 2.05) is 76.9 Å². The van der Waals surface area contributed by atoms with Crippen molar-refractivity contribution in [3.63, 3.8) is 0 Å². The number of ether oxygens (including phenoxy) is 1. The molecule has 1 aliphatic rings. The Hall–Kier alpha value is -5.67. The van der Waals surface area contributed by atoms with E-state index in [1.165, 1.54) is 0 Å². The first kappa shape index (κ1) is 23.4. The Morgan fingerprint density at radius 2 is 1.62 bits per heavy atom. The maximum absolute atomic E-state index is 9.25. The minimum Gasteiger partial charge on any atom is -0.458 e. The quantitative estimate of drug-likeness (QED) is 0.189. The van der Waals surface area contributed by atoms with Crippen LogP contribution in [0.1, 0.15) is 0 Å². The topological polar surface area (TPSA) is 59.1 Å². The second kappa shape index (κ2) is 9.57. The SMILES string of the molecule is Cn1[c-][n+](-c2cccc(Oc3ccc4c5ccccc5n(C5=N/C=C\C(C#N)=C/C=C\5)c4c3)c2)c2ccccc21. The molecule has 0 aliphatic carbocycles. The summed E-state index contributed by atoms with van der Waals surface area (Å²) in [6.07, 6.45) is 12.3. The lowest BCUT2D eigenvalue weighted by atomic mass is 10.1. The van der Waals surface area contributed by atoms with E-state index in [0.717, 1.165) is 55.9 Å². The third-order valence-corrected chi connectivity index (χ3v) is 7.03. The molecule has 0 amide bonds. The maximum Gasteiger partial charge on any atom is 0.244 e. The van der Waals surface area contributed by atoms with Crippen molar-refractivity contribution in [2.24, 2.45) is 12.0 Å². The van der Waals surface area contributed by atoms with Gasteiger partial charge in [-0.15, -0.1) is 0 Å². The summed E-state index contributed by atoms with van der Waals surface area (Å²) >= 11 is 0. The second-order valence-corrected chi connectivity index (χ2v) is 9.51. The molecule has 190 valence electrons. The number of hydrogen-bond acceptors (Lipinski definition) is 3. The van der Waals surface area contributed by atoms with Gasteiger partial charge in [0, 0.05) is 23.0 Å². The predicted molar refractivity (Wildman–Crippen MR) is 158 cm³/mol. The standard InChI is InChI=1S/C34H23N5O/c1-37-23-38(32-14-5-4-13-31(32)37)25-9-7-10-26(20-25)40-27-16-17-29-28-11-2-3-12-30(28)39(33(29)21-27)34-15-6-8-24(22-35)18-19-36-34/h2-21H,1H3/b8-6?,15-6-,19-18-,24-8+,24-18?,34-15?,36-19?,36-34+. The van der Waals surface area contributed by atoms with Crippen LogP contribution >= 0.6 is 0 Å². The van der Waals surface area contributed by atoms with E-state index in [1.54, 1.807) is 18.4 Å². The molecule has 6 nitrogen and oxygen atoms in total. The number of para-hydroxylation sites is 3. The van der Waals surface area contributed by atoms with Crippen molar-refractivity contribution in [1.29, 1.82) is 5.26 Å². The van der Waals surface area contributed by atoms with Crippen LogP contribution in [0.5, 0.6) is 11.5 Å². The number of nitriles is 1. The average Bonchev–Trinajstić information content (AvgIpc) is 3.48. The maximum atomic E-state index is 9.25. The molecule has 2 aromatic heterocycles. The summed E-state index contributed by atoms with van der Waals surface area (Å²) < 4.78 is 12.6. The van der Waals surface area contributed by atoms with Crippen LogP contribution in [0.25, 0.3) is 38.5 Å². The highest BCUT2D eigenvalue weighted by Crippen LogP contribution is 2.33. The Labute approximate surface area is 230 Å². The molecule has 40 heavy (non-hydrogen) atoms. The first-order valence-electron chi connectivity index (χ1n) is 12.9. The van der Waals surface area contributed by atoms with Crippen molar-refractivity contribution >= 4 is 38.7 Å². The average molecular weight is 518 g/mol. The lowest BCUT2D eigenvalue weighted by molar-refractivity contribution is -0.572. The Morgan fingerprint density at radius 3 is 2.52 bits per heavy atom. The van der Waals surface area contributed by atoms with Crippen LogP contribution in [0, 0.1) is 17.7 Å². The molecule has 0 saturated carbocycles. The molecular weight excluding hydrogens is 494 g/mol. The highest BCUT2D eigenvalue weighted by Gasteiger charge is 2.15. The third-order valence-electron chi connectivity index (χ3n) is 7.03. The van der Waals surface area contributed by atoms with Crippen molar-refractivity contribution in [2.75, 3.05) is 0 Å². The van der Waals surface area contributed by atoms with Gasteiger partial charge < -0.3 is 13.9 Å². The van der Waals surface area contributed by atoms with Gasteiger partial charge in [-0.05, 0) is 48.6 Å². The molecule has 1 aliphatic heterocycles. The number of aliphatic imine (C=N–C) groups is 1. The van der Waals surface area contributed by atoms with Crippen LogP contribution in [0.4, 0.5) is 0 Å². The summed E-state index contributed by atoms with van der Waals surface area (Å²) in [5, 5.41) is 11.5. The summed E-state index contributed by atoms with van der Waals surface area (Å²) in [6.45, 7) is 0. The van der Waals surface area contributed by atoms with Crippen molar-refractivity contribution in [2.45, 2.75) is 0 Å².